The van der Waals surface area contributed by atoms with Crippen LogP contribution in [0.1, 0.15) is 6.92 Å². The van der Waals surface area contributed by atoms with Gasteiger partial charge in [0.15, 0.2) is 6.10 Å². The minimum Gasteiger partial charge on any atom is -0.480 e. The van der Waals surface area contributed by atoms with E-state index in [0.717, 1.165) is 6.92 Å². The number of pyridine rings is 1. The van der Waals surface area contributed by atoms with Gasteiger partial charge in [0.2, 0.25) is 0 Å². The van der Waals surface area contributed by atoms with Crippen LogP contribution in [0.15, 0.2) is 16.7 Å². The molecular weight excluding hydrogens is 277 g/mol. The Morgan fingerprint density at radius 3 is 2.67 bits per heavy atom. The third kappa shape index (κ3) is 3.26. The van der Waals surface area contributed by atoms with Gasteiger partial charge in [0.05, 0.1) is 4.47 Å². The molecule has 0 bridgehead atoms. The van der Waals surface area contributed by atoms with Crippen molar-refractivity contribution in [1.29, 1.82) is 0 Å². The fourth-order valence-corrected chi connectivity index (χ4v) is 1.09. The molecule has 7 heteroatoms. The van der Waals surface area contributed by atoms with Gasteiger partial charge in [0.25, 0.3) is 0 Å². The smallest absolute Gasteiger partial charge is 0.425 e. The summed E-state index contributed by atoms with van der Waals surface area (Å²) in [6, 6.07) is 1.23. The molecule has 3 nitrogen and oxygen atoms in total. The van der Waals surface area contributed by atoms with E-state index in [1.54, 1.807) is 0 Å². The van der Waals surface area contributed by atoms with Crippen LogP contribution < -0.4 is 10.5 Å². The van der Waals surface area contributed by atoms with E-state index in [1.165, 1.54) is 12.3 Å². The van der Waals surface area contributed by atoms with Crippen molar-refractivity contribution in [3.8, 4) is 5.75 Å². The lowest BCUT2D eigenvalue weighted by Crippen LogP contribution is -2.31. The zero-order chi connectivity index (χ0) is 11.6. The highest BCUT2D eigenvalue weighted by Crippen LogP contribution is 2.30. The first kappa shape index (κ1) is 12.1. The number of nitrogens with zero attached hydrogens (tertiary/aromatic N) is 1. The van der Waals surface area contributed by atoms with Crippen molar-refractivity contribution in [2.24, 2.45) is 0 Å². The maximum atomic E-state index is 12.2. The average Bonchev–Trinajstić information content (AvgIpc) is 2.09. The number of rotatable bonds is 2. The lowest BCUT2D eigenvalue weighted by atomic mass is 10.3. The van der Waals surface area contributed by atoms with Gasteiger partial charge in [-0.1, -0.05) is 0 Å². The van der Waals surface area contributed by atoms with Crippen LogP contribution in [-0.4, -0.2) is 17.3 Å². The number of hydrogen-bond acceptors (Lipinski definition) is 3. The Bertz CT molecular complexity index is 356. The van der Waals surface area contributed by atoms with Gasteiger partial charge in [-0.25, -0.2) is 4.98 Å². The second kappa shape index (κ2) is 4.26. The van der Waals surface area contributed by atoms with E-state index >= 15 is 0 Å². The molecule has 0 fully saturated rings. The molecular formula is C8H8BrF3N2O. The molecule has 1 aromatic heterocycles. The number of nitrogen functional groups attached to an aromatic ring is 1. The summed E-state index contributed by atoms with van der Waals surface area (Å²) < 4.78 is 41.6. The molecule has 2 N–H and O–H groups in total. The molecule has 0 saturated heterocycles. The zero-order valence-electron chi connectivity index (χ0n) is 7.68. The maximum absolute atomic E-state index is 12.2. The van der Waals surface area contributed by atoms with Gasteiger partial charge in [0.1, 0.15) is 11.6 Å². The standard InChI is InChI=1S/C8H8BrF3N2O/c1-4(8(10,11)12)15-6-2-7(13)14-3-5(6)9/h2-4H,1H3,(H2,13,14). The van der Waals surface area contributed by atoms with Crippen molar-refractivity contribution in [3.05, 3.63) is 16.7 Å². The van der Waals surface area contributed by atoms with Crippen LogP contribution in [0, 0.1) is 0 Å². The molecule has 0 aromatic carbocycles. The quantitative estimate of drug-likeness (QED) is 0.908. The summed E-state index contributed by atoms with van der Waals surface area (Å²) in [4.78, 5) is 3.68. The second-order valence-electron chi connectivity index (χ2n) is 2.84. The van der Waals surface area contributed by atoms with Crippen LogP contribution >= 0.6 is 15.9 Å². The average molecular weight is 285 g/mol. The molecule has 0 spiro atoms. The molecule has 0 aliphatic heterocycles. The van der Waals surface area contributed by atoms with Gasteiger partial charge in [-0.05, 0) is 22.9 Å². The normalized spacial score (nSPS) is 13.7. The molecule has 0 aliphatic rings. The van der Waals surface area contributed by atoms with Gasteiger partial charge in [-0.2, -0.15) is 13.2 Å². The monoisotopic (exact) mass is 284 g/mol. The Kier molecular flexibility index (Phi) is 3.43. The summed E-state index contributed by atoms with van der Waals surface area (Å²) in [5.41, 5.74) is 5.32. The Morgan fingerprint density at radius 2 is 2.13 bits per heavy atom. The second-order valence-corrected chi connectivity index (χ2v) is 3.70. The number of ether oxygens (including phenoxy) is 1. The SMILES string of the molecule is CC(Oc1cc(N)ncc1Br)C(F)(F)F. The van der Waals surface area contributed by atoms with E-state index in [2.05, 4.69) is 20.9 Å². The number of aromatic nitrogens is 1. The molecule has 1 rings (SSSR count). The molecule has 1 heterocycles. The molecule has 0 amide bonds. The van der Waals surface area contributed by atoms with E-state index in [9.17, 15) is 13.2 Å². The van der Waals surface area contributed by atoms with E-state index in [4.69, 9.17) is 10.5 Å². The first-order chi connectivity index (χ1) is 6.80. The van der Waals surface area contributed by atoms with Gasteiger partial charge >= 0.3 is 6.18 Å². The van der Waals surface area contributed by atoms with Gasteiger partial charge in [0, 0.05) is 12.3 Å². The lowest BCUT2D eigenvalue weighted by Gasteiger charge is -2.18. The molecule has 15 heavy (non-hydrogen) atoms. The van der Waals surface area contributed by atoms with Crippen LogP contribution in [0.25, 0.3) is 0 Å². The summed E-state index contributed by atoms with van der Waals surface area (Å²) >= 11 is 3.02. The first-order valence-corrected chi connectivity index (χ1v) is 4.74. The number of anilines is 1. The van der Waals surface area contributed by atoms with E-state index < -0.39 is 12.3 Å². The summed E-state index contributed by atoms with van der Waals surface area (Å²) in [7, 11) is 0. The Morgan fingerprint density at radius 1 is 1.53 bits per heavy atom. The van der Waals surface area contributed by atoms with E-state index in [1.807, 2.05) is 0 Å². The molecule has 1 aromatic rings. The zero-order valence-corrected chi connectivity index (χ0v) is 9.26. The minimum atomic E-state index is -4.41. The summed E-state index contributed by atoms with van der Waals surface area (Å²) in [6.07, 6.45) is -5.01. The minimum absolute atomic E-state index is 0.0207. The Hall–Kier alpha value is -0.980. The molecule has 1 unspecified atom stereocenters. The Balaban J connectivity index is 2.85. The topological polar surface area (TPSA) is 48.1 Å². The van der Waals surface area contributed by atoms with Crippen molar-refractivity contribution >= 4 is 21.7 Å². The summed E-state index contributed by atoms with van der Waals surface area (Å²) in [5, 5.41) is 0. The van der Waals surface area contributed by atoms with E-state index in [-0.39, 0.29) is 11.6 Å². The van der Waals surface area contributed by atoms with Crippen LogP contribution in [0.4, 0.5) is 19.0 Å². The predicted octanol–water partition coefficient (Wildman–Crippen LogP) is 2.76. The first-order valence-electron chi connectivity index (χ1n) is 3.95. The highest BCUT2D eigenvalue weighted by Gasteiger charge is 2.38. The molecule has 1 atom stereocenters. The van der Waals surface area contributed by atoms with Gasteiger partial charge < -0.3 is 10.5 Å². The fourth-order valence-electron chi connectivity index (χ4n) is 0.783. The van der Waals surface area contributed by atoms with Crippen molar-refractivity contribution in [1.82, 2.24) is 4.98 Å². The van der Waals surface area contributed by atoms with Crippen molar-refractivity contribution in [2.75, 3.05) is 5.73 Å². The highest BCUT2D eigenvalue weighted by molar-refractivity contribution is 9.10. The summed E-state index contributed by atoms with van der Waals surface area (Å²) in [6.45, 7) is 0.920. The number of nitrogens with two attached hydrogens (primary N) is 1. The summed E-state index contributed by atoms with van der Waals surface area (Å²) in [5.74, 6) is 0.120. The largest absolute Gasteiger partial charge is 0.480 e. The number of hydrogen-bond donors (Lipinski definition) is 1. The van der Waals surface area contributed by atoms with Crippen LogP contribution in [0.3, 0.4) is 0 Å². The molecule has 0 saturated carbocycles. The van der Waals surface area contributed by atoms with Crippen molar-refractivity contribution < 1.29 is 17.9 Å². The fraction of sp³-hybridized carbons (Fsp3) is 0.375. The van der Waals surface area contributed by atoms with Crippen molar-refractivity contribution in [3.63, 3.8) is 0 Å². The highest BCUT2D eigenvalue weighted by atomic mass is 79.9. The predicted molar refractivity (Wildman–Crippen MR) is 52.5 cm³/mol. The van der Waals surface area contributed by atoms with Gasteiger partial charge in [-0.15, -0.1) is 0 Å². The molecule has 0 radical (unpaired) electrons. The lowest BCUT2D eigenvalue weighted by molar-refractivity contribution is -0.189. The molecule has 84 valence electrons. The third-order valence-electron chi connectivity index (χ3n) is 1.61. The van der Waals surface area contributed by atoms with E-state index in [0.29, 0.717) is 4.47 Å². The third-order valence-corrected chi connectivity index (χ3v) is 2.20. The van der Waals surface area contributed by atoms with Crippen molar-refractivity contribution in [2.45, 2.75) is 19.2 Å². The maximum Gasteiger partial charge on any atom is 0.425 e. The Labute approximate surface area is 92.6 Å². The molecule has 0 aliphatic carbocycles. The van der Waals surface area contributed by atoms with Crippen LogP contribution in [0.2, 0.25) is 0 Å². The number of halogens is 4. The van der Waals surface area contributed by atoms with Crippen LogP contribution in [-0.2, 0) is 0 Å². The van der Waals surface area contributed by atoms with Gasteiger partial charge in [-0.3, -0.25) is 0 Å². The van der Waals surface area contributed by atoms with Crippen LogP contribution in [0.5, 0.6) is 5.75 Å². The number of alkyl halides is 3.